The molecule has 0 aliphatic rings. The minimum absolute atomic E-state index is 0.0949. The minimum atomic E-state index is -0.310. The molecule has 0 radical (unpaired) electrons. The maximum absolute atomic E-state index is 12.6. The zero-order valence-electron chi connectivity index (χ0n) is 18.8. The SMILES string of the molecule is CC(C)(C)c1ccc(OCc2ccc(C(=O)Nc3cccc(Cn4cc(Br)cn4)c3)o2)cc1. The molecule has 170 valence electrons. The molecule has 0 unspecified atom stereocenters. The van der Waals surface area contributed by atoms with Gasteiger partial charge in [-0.05, 0) is 68.9 Å². The molecule has 2 heterocycles. The molecule has 2 aromatic carbocycles. The maximum Gasteiger partial charge on any atom is 0.291 e. The molecular weight excluding hydrogens is 482 g/mol. The first-order chi connectivity index (χ1) is 15.8. The predicted molar refractivity (Wildman–Crippen MR) is 132 cm³/mol. The Bertz CT molecular complexity index is 1240. The van der Waals surface area contributed by atoms with Gasteiger partial charge in [0.15, 0.2) is 5.76 Å². The van der Waals surface area contributed by atoms with Crippen molar-refractivity contribution in [3.8, 4) is 5.75 Å². The van der Waals surface area contributed by atoms with Crippen LogP contribution in [0.15, 0.2) is 81.9 Å². The van der Waals surface area contributed by atoms with Gasteiger partial charge in [0.1, 0.15) is 18.1 Å². The Labute approximate surface area is 201 Å². The average molecular weight is 508 g/mol. The molecule has 0 saturated heterocycles. The number of carbonyl (C=O) groups excluding carboxylic acids is 1. The van der Waals surface area contributed by atoms with E-state index in [9.17, 15) is 4.79 Å². The number of ether oxygens (including phenoxy) is 1. The highest BCUT2D eigenvalue weighted by Gasteiger charge is 2.14. The molecule has 7 heteroatoms. The van der Waals surface area contributed by atoms with Crippen molar-refractivity contribution in [2.45, 2.75) is 39.3 Å². The van der Waals surface area contributed by atoms with E-state index in [0.29, 0.717) is 18.0 Å². The van der Waals surface area contributed by atoms with Gasteiger partial charge in [-0.15, -0.1) is 0 Å². The maximum atomic E-state index is 12.6. The van der Waals surface area contributed by atoms with Crippen LogP contribution in [-0.2, 0) is 18.6 Å². The van der Waals surface area contributed by atoms with Gasteiger partial charge in [-0.25, -0.2) is 0 Å². The summed E-state index contributed by atoms with van der Waals surface area (Å²) >= 11 is 3.39. The lowest BCUT2D eigenvalue weighted by Gasteiger charge is -2.19. The second-order valence-corrected chi connectivity index (χ2v) is 9.76. The lowest BCUT2D eigenvalue weighted by Crippen LogP contribution is -2.11. The van der Waals surface area contributed by atoms with E-state index >= 15 is 0 Å². The molecule has 33 heavy (non-hydrogen) atoms. The summed E-state index contributed by atoms with van der Waals surface area (Å²) in [5.41, 5.74) is 3.05. The number of carbonyl (C=O) groups is 1. The number of benzene rings is 2. The molecule has 4 rings (SSSR count). The van der Waals surface area contributed by atoms with Crippen molar-refractivity contribution in [2.75, 3.05) is 5.32 Å². The molecule has 2 aromatic heterocycles. The fourth-order valence-corrected chi connectivity index (χ4v) is 3.66. The van der Waals surface area contributed by atoms with Crippen LogP contribution in [0.25, 0.3) is 0 Å². The summed E-state index contributed by atoms with van der Waals surface area (Å²) in [6, 6.07) is 19.1. The number of nitrogens with zero attached hydrogens (tertiary/aromatic N) is 2. The van der Waals surface area contributed by atoms with Crippen LogP contribution in [0.4, 0.5) is 5.69 Å². The summed E-state index contributed by atoms with van der Waals surface area (Å²) in [6.45, 7) is 7.37. The number of amides is 1. The van der Waals surface area contributed by atoms with Crippen molar-refractivity contribution in [1.82, 2.24) is 9.78 Å². The van der Waals surface area contributed by atoms with Gasteiger partial charge in [-0.1, -0.05) is 45.0 Å². The van der Waals surface area contributed by atoms with E-state index in [1.165, 1.54) is 5.56 Å². The van der Waals surface area contributed by atoms with Crippen molar-refractivity contribution in [1.29, 1.82) is 0 Å². The molecule has 0 spiro atoms. The highest BCUT2D eigenvalue weighted by molar-refractivity contribution is 9.10. The van der Waals surface area contributed by atoms with E-state index in [4.69, 9.17) is 9.15 Å². The normalized spacial score (nSPS) is 11.4. The molecule has 0 atom stereocenters. The highest BCUT2D eigenvalue weighted by Crippen LogP contribution is 2.25. The lowest BCUT2D eigenvalue weighted by atomic mass is 9.87. The molecule has 1 amide bonds. The Morgan fingerprint density at radius 3 is 2.61 bits per heavy atom. The Hall–Kier alpha value is -3.32. The third kappa shape index (κ3) is 6.14. The van der Waals surface area contributed by atoms with Crippen LogP contribution in [0.2, 0.25) is 0 Å². The monoisotopic (exact) mass is 507 g/mol. The molecule has 0 aliphatic carbocycles. The Balaban J connectivity index is 1.34. The van der Waals surface area contributed by atoms with E-state index in [1.807, 2.05) is 47.3 Å². The van der Waals surface area contributed by atoms with Crippen molar-refractivity contribution >= 4 is 27.5 Å². The van der Waals surface area contributed by atoms with E-state index in [0.717, 1.165) is 15.8 Å². The van der Waals surface area contributed by atoms with Crippen LogP contribution >= 0.6 is 15.9 Å². The van der Waals surface area contributed by atoms with Crippen LogP contribution in [0.3, 0.4) is 0 Å². The van der Waals surface area contributed by atoms with E-state index in [-0.39, 0.29) is 23.7 Å². The highest BCUT2D eigenvalue weighted by atomic mass is 79.9. The van der Waals surface area contributed by atoms with Crippen LogP contribution in [0.1, 0.15) is 48.2 Å². The predicted octanol–water partition coefficient (Wildman–Crippen LogP) is 6.42. The summed E-state index contributed by atoms with van der Waals surface area (Å²) in [5.74, 6) is 1.26. The molecule has 0 saturated carbocycles. The first-order valence-electron chi connectivity index (χ1n) is 10.7. The summed E-state index contributed by atoms with van der Waals surface area (Å²) < 4.78 is 14.2. The standard InChI is InChI=1S/C26H26BrN3O3/c1-26(2,3)19-7-9-22(10-8-19)32-17-23-11-12-24(33-23)25(31)29-21-6-4-5-18(13-21)15-30-16-20(27)14-28-30/h4-14,16H,15,17H2,1-3H3,(H,29,31). The van der Waals surface area contributed by atoms with Gasteiger partial charge in [-0.2, -0.15) is 5.10 Å². The van der Waals surface area contributed by atoms with Crippen molar-refractivity contribution < 1.29 is 13.9 Å². The zero-order chi connectivity index (χ0) is 23.4. The van der Waals surface area contributed by atoms with Gasteiger partial charge in [-0.3, -0.25) is 9.48 Å². The quantitative estimate of drug-likeness (QED) is 0.313. The smallest absolute Gasteiger partial charge is 0.291 e. The van der Waals surface area contributed by atoms with Crippen LogP contribution in [0.5, 0.6) is 5.75 Å². The second-order valence-electron chi connectivity index (χ2n) is 8.84. The number of nitrogens with one attached hydrogen (secondary N) is 1. The van der Waals surface area contributed by atoms with Gasteiger partial charge >= 0.3 is 0 Å². The molecule has 1 N–H and O–H groups in total. The van der Waals surface area contributed by atoms with Gasteiger partial charge in [0.2, 0.25) is 0 Å². The fraction of sp³-hybridized carbons (Fsp3) is 0.231. The Kier molecular flexibility index (Phi) is 6.70. The minimum Gasteiger partial charge on any atom is -0.486 e. The summed E-state index contributed by atoms with van der Waals surface area (Å²) in [4.78, 5) is 12.6. The lowest BCUT2D eigenvalue weighted by molar-refractivity contribution is 0.0992. The number of hydrogen-bond acceptors (Lipinski definition) is 4. The first-order valence-corrected chi connectivity index (χ1v) is 11.5. The van der Waals surface area contributed by atoms with Crippen molar-refractivity contribution in [3.05, 3.63) is 100 Å². The second kappa shape index (κ2) is 9.67. The van der Waals surface area contributed by atoms with E-state index in [1.54, 1.807) is 18.3 Å². The number of anilines is 1. The van der Waals surface area contributed by atoms with E-state index < -0.39 is 0 Å². The number of aromatic nitrogens is 2. The first kappa shape index (κ1) is 22.9. The number of rotatable bonds is 7. The van der Waals surface area contributed by atoms with Crippen LogP contribution in [-0.4, -0.2) is 15.7 Å². The topological polar surface area (TPSA) is 69.3 Å². The average Bonchev–Trinajstić information content (AvgIpc) is 3.41. The Morgan fingerprint density at radius 2 is 1.91 bits per heavy atom. The van der Waals surface area contributed by atoms with Crippen molar-refractivity contribution in [2.24, 2.45) is 0 Å². The molecular formula is C26H26BrN3O3. The van der Waals surface area contributed by atoms with Gasteiger partial charge in [0.25, 0.3) is 5.91 Å². The largest absolute Gasteiger partial charge is 0.486 e. The van der Waals surface area contributed by atoms with Crippen LogP contribution < -0.4 is 10.1 Å². The molecule has 0 fully saturated rings. The van der Waals surface area contributed by atoms with Crippen LogP contribution in [0, 0.1) is 0 Å². The number of halogens is 1. The van der Waals surface area contributed by atoms with Gasteiger partial charge in [0, 0.05) is 11.9 Å². The third-order valence-corrected chi connectivity index (χ3v) is 5.53. The molecule has 4 aromatic rings. The fourth-order valence-electron chi connectivity index (χ4n) is 3.34. The van der Waals surface area contributed by atoms with E-state index in [2.05, 4.69) is 59.2 Å². The van der Waals surface area contributed by atoms with Crippen molar-refractivity contribution in [3.63, 3.8) is 0 Å². The number of furan rings is 1. The van der Waals surface area contributed by atoms with Gasteiger partial charge < -0.3 is 14.5 Å². The third-order valence-electron chi connectivity index (χ3n) is 5.12. The molecule has 0 bridgehead atoms. The number of hydrogen-bond donors (Lipinski definition) is 1. The summed E-state index contributed by atoms with van der Waals surface area (Å²) in [7, 11) is 0. The molecule has 0 aliphatic heterocycles. The summed E-state index contributed by atoms with van der Waals surface area (Å²) in [5, 5.41) is 7.15. The zero-order valence-corrected chi connectivity index (χ0v) is 20.4. The summed E-state index contributed by atoms with van der Waals surface area (Å²) in [6.07, 6.45) is 3.64. The van der Waals surface area contributed by atoms with Gasteiger partial charge in [0.05, 0.1) is 17.2 Å². The molecule has 6 nitrogen and oxygen atoms in total. The Morgan fingerprint density at radius 1 is 1.12 bits per heavy atom.